The zero-order valence-corrected chi connectivity index (χ0v) is 29.9. The van der Waals surface area contributed by atoms with Crippen molar-refractivity contribution in [3.63, 3.8) is 0 Å². The Hall–Kier alpha value is -5.89. The van der Waals surface area contributed by atoms with E-state index < -0.39 is 23.9 Å². The molecule has 6 rings (SSSR count). The minimum absolute atomic E-state index is 0.0855. The fourth-order valence-corrected chi connectivity index (χ4v) is 6.69. The van der Waals surface area contributed by atoms with Gasteiger partial charge in [-0.25, -0.2) is 14.6 Å². The summed E-state index contributed by atoms with van der Waals surface area (Å²) in [7, 11) is 2.57. The number of esters is 2. The summed E-state index contributed by atoms with van der Waals surface area (Å²) in [5.41, 5.74) is 8.08. The molecule has 5 aromatic rings. The molecule has 1 aliphatic carbocycles. The first-order valence-electron chi connectivity index (χ1n) is 17.8. The Morgan fingerprint density at radius 1 is 0.925 bits per heavy atom. The highest BCUT2D eigenvalue weighted by molar-refractivity contribution is 6.00. The standard InChI is InChI=1S/C39H44N6O8/c1-50-36(47)23-53-29-13-14-31-30(20-29)26(21-42-31)19-33(39(49)51-2)44-38(48)25-10-15-34-32(18-25)43-37(45(34)27-6-4-3-5-7-27)24-8-11-28(12-9-24)52-22-35(46)41-17-16-40/h8-15,18,20-21,27,33,42H,3-7,16-17,19,22-23,40H2,1-2H3,(H,41,46)(H,44,48)/p+1. The number of amides is 2. The number of quaternary nitrogens is 1. The SMILES string of the molecule is COC(=O)COc1ccc2[nH]cc(CC(NC(=O)c3ccc4c(c3)nc(-c3ccc(OCC(=O)NCC[NH3+])cc3)n4C3CCCCC3)C(=O)OC)c2c1. The van der Waals surface area contributed by atoms with Crippen LogP contribution in [0, 0.1) is 0 Å². The van der Waals surface area contributed by atoms with E-state index in [1.165, 1.54) is 20.6 Å². The second kappa shape index (κ2) is 17.1. The number of ether oxygens (including phenoxy) is 4. The summed E-state index contributed by atoms with van der Waals surface area (Å²) in [6.07, 6.45) is 7.41. The maximum absolute atomic E-state index is 13.7. The molecular formula is C39H45N6O8+. The normalized spacial score (nSPS) is 13.7. The van der Waals surface area contributed by atoms with Gasteiger partial charge in [-0.15, -0.1) is 0 Å². The van der Waals surface area contributed by atoms with Gasteiger partial charge >= 0.3 is 11.9 Å². The van der Waals surface area contributed by atoms with Gasteiger partial charge < -0.3 is 44.9 Å². The highest BCUT2D eigenvalue weighted by Crippen LogP contribution is 2.36. The molecule has 2 aromatic heterocycles. The number of imidazole rings is 1. The van der Waals surface area contributed by atoms with Crippen molar-refractivity contribution in [2.75, 3.05) is 40.5 Å². The molecule has 1 atom stereocenters. The predicted octanol–water partition coefficient (Wildman–Crippen LogP) is 3.49. The summed E-state index contributed by atoms with van der Waals surface area (Å²) in [6, 6.07) is 17.5. The molecule has 0 spiro atoms. The first-order valence-corrected chi connectivity index (χ1v) is 17.8. The van der Waals surface area contributed by atoms with Crippen LogP contribution in [-0.2, 0) is 30.3 Å². The van der Waals surface area contributed by atoms with Crippen LogP contribution in [0.25, 0.3) is 33.3 Å². The van der Waals surface area contributed by atoms with Crippen molar-refractivity contribution in [2.24, 2.45) is 0 Å². The summed E-state index contributed by atoms with van der Waals surface area (Å²) in [5, 5.41) is 6.39. The quantitative estimate of drug-likeness (QED) is 0.117. The molecule has 0 radical (unpaired) electrons. The summed E-state index contributed by atoms with van der Waals surface area (Å²) in [4.78, 5) is 58.5. The van der Waals surface area contributed by atoms with Crippen LogP contribution in [0.5, 0.6) is 11.5 Å². The number of H-pyrrole nitrogens is 1. The molecule has 1 saturated carbocycles. The van der Waals surface area contributed by atoms with Crippen molar-refractivity contribution in [1.82, 2.24) is 25.2 Å². The van der Waals surface area contributed by atoms with Gasteiger partial charge in [0.05, 0.1) is 38.3 Å². The van der Waals surface area contributed by atoms with Crippen molar-refractivity contribution in [2.45, 2.75) is 50.6 Å². The van der Waals surface area contributed by atoms with Crippen LogP contribution in [0.1, 0.15) is 54.1 Å². The maximum atomic E-state index is 13.7. The van der Waals surface area contributed by atoms with Crippen molar-refractivity contribution in [3.05, 3.63) is 78.0 Å². The molecule has 0 bridgehead atoms. The average molecular weight is 726 g/mol. The second-order valence-electron chi connectivity index (χ2n) is 13.0. The van der Waals surface area contributed by atoms with Gasteiger partial charge in [-0.2, -0.15) is 0 Å². The van der Waals surface area contributed by atoms with Gasteiger partial charge in [-0.3, -0.25) is 9.59 Å². The summed E-state index contributed by atoms with van der Waals surface area (Å²) in [6.45, 7) is 0.775. The highest BCUT2D eigenvalue weighted by Gasteiger charge is 2.26. The monoisotopic (exact) mass is 725 g/mol. The Labute approximate surface area is 306 Å². The number of aromatic amines is 1. The third-order valence-electron chi connectivity index (χ3n) is 9.41. The third kappa shape index (κ3) is 8.78. The smallest absolute Gasteiger partial charge is 0.343 e. The molecule has 278 valence electrons. The molecule has 0 saturated heterocycles. The molecule has 14 heteroatoms. The van der Waals surface area contributed by atoms with E-state index in [2.05, 4.69) is 30.7 Å². The highest BCUT2D eigenvalue weighted by atomic mass is 16.6. The molecule has 6 N–H and O–H groups in total. The van der Waals surface area contributed by atoms with Crippen molar-refractivity contribution in [1.29, 1.82) is 0 Å². The number of methoxy groups -OCH3 is 2. The van der Waals surface area contributed by atoms with Gasteiger partial charge in [0.15, 0.2) is 13.2 Å². The number of hydrogen-bond acceptors (Lipinski definition) is 9. The van der Waals surface area contributed by atoms with E-state index in [1.54, 1.807) is 30.5 Å². The van der Waals surface area contributed by atoms with E-state index in [0.29, 0.717) is 35.7 Å². The maximum Gasteiger partial charge on any atom is 0.343 e. The molecule has 2 heterocycles. The number of aromatic nitrogens is 3. The lowest BCUT2D eigenvalue weighted by Gasteiger charge is -2.25. The average Bonchev–Trinajstić information content (AvgIpc) is 3.78. The summed E-state index contributed by atoms with van der Waals surface area (Å²) in [5.74, 6) is 0.0545. The van der Waals surface area contributed by atoms with Crippen LogP contribution in [0.2, 0.25) is 0 Å². The summed E-state index contributed by atoms with van der Waals surface area (Å²) >= 11 is 0. The minimum Gasteiger partial charge on any atom is -0.484 e. The third-order valence-corrected chi connectivity index (χ3v) is 9.41. The second-order valence-corrected chi connectivity index (χ2v) is 13.0. The molecule has 53 heavy (non-hydrogen) atoms. The molecule has 1 aliphatic rings. The number of nitrogens with zero attached hydrogens (tertiary/aromatic N) is 2. The fraction of sp³-hybridized carbons (Fsp3) is 0.359. The van der Waals surface area contributed by atoms with Gasteiger partial charge in [0.2, 0.25) is 0 Å². The molecule has 1 fully saturated rings. The van der Waals surface area contributed by atoms with Gasteiger partial charge in [-0.05, 0) is 79.1 Å². The van der Waals surface area contributed by atoms with Crippen LogP contribution in [0.4, 0.5) is 0 Å². The van der Waals surface area contributed by atoms with Crippen LogP contribution in [-0.4, -0.2) is 84.9 Å². The minimum atomic E-state index is -0.993. The summed E-state index contributed by atoms with van der Waals surface area (Å²) < 4.78 is 23.2. The van der Waals surface area contributed by atoms with E-state index >= 15 is 0 Å². The first kappa shape index (κ1) is 36.9. The molecule has 1 unspecified atom stereocenters. The Balaban J connectivity index is 1.23. The predicted molar refractivity (Wildman–Crippen MR) is 196 cm³/mol. The molecule has 14 nitrogen and oxygen atoms in total. The molecule has 0 aliphatic heterocycles. The Bertz CT molecular complexity index is 2080. The van der Waals surface area contributed by atoms with Gasteiger partial charge in [0, 0.05) is 40.7 Å². The number of carbonyl (C=O) groups excluding carboxylic acids is 4. The van der Waals surface area contributed by atoms with Crippen LogP contribution < -0.4 is 25.8 Å². The van der Waals surface area contributed by atoms with Crippen molar-refractivity contribution < 1.29 is 43.9 Å². The number of rotatable bonds is 15. The van der Waals surface area contributed by atoms with Gasteiger partial charge in [0.25, 0.3) is 11.8 Å². The molecular weight excluding hydrogens is 680 g/mol. The number of fused-ring (bicyclic) bond motifs is 2. The number of hydrogen-bond donors (Lipinski definition) is 4. The van der Waals surface area contributed by atoms with Crippen LogP contribution in [0.15, 0.2) is 66.9 Å². The largest absolute Gasteiger partial charge is 0.484 e. The molecule has 3 aromatic carbocycles. The number of carbonyl (C=O) groups is 4. The lowest BCUT2D eigenvalue weighted by molar-refractivity contribution is -0.364. The van der Waals surface area contributed by atoms with E-state index in [4.69, 9.17) is 19.2 Å². The van der Waals surface area contributed by atoms with E-state index in [0.717, 1.165) is 59.1 Å². The lowest BCUT2D eigenvalue weighted by atomic mass is 9.94. The lowest BCUT2D eigenvalue weighted by Crippen LogP contribution is -2.55. The van der Waals surface area contributed by atoms with E-state index in [9.17, 15) is 19.2 Å². The van der Waals surface area contributed by atoms with E-state index in [-0.39, 0.29) is 31.6 Å². The van der Waals surface area contributed by atoms with Gasteiger partial charge in [0.1, 0.15) is 23.4 Å². The Morgan fingerprint density at radius 3 is 2.42 bits per heavy atom. The van der Waals surface area contributed by atoms with Gasteiger partial charge in [-0.1, -0.05) is 19.3 Å². The zero-order valence-electron chi connectivity index (χ0n) is 29.9. The van der Waals surface area contributed by atoms with Crippen LogP contribution >= 0.6 is 0 Å². The fourth-order valence-electron chi connectivity index (χ4n) is 6.69. The van der Waals surface area contributed by atoms with E-state index in [1.807, 2.05) is 36.4 Å². The number of benzene rings is 3. The van der Waals surface area contributed by atoms with Crippen molar-refractivity contribution in [3.8, 4) is 22.9 Å². The Kier molecular flexibility index (Phi) is 11.9. The number of nitrogens with one attached hydrogen (secondary N) is 3. The Morgan fingerprint density at radius 2 is 1.68 bits per heavy atom. The zero-order chi connectivity index (χ0) is 37.3. The van der Waals surface area contributed by atoms with Crippen molar-refractivity contribution >= 4 is 45.7 Å². The first-order chi connectivity index (χ1) is 25.8. The van der Waals surface area contributed by atoms with Crippen LogP contribution in [0.3, 0.4) is 0 Å². The topological polar surface area (TPSA) is 191 Å². The molecule has 2 amide bonds.